The predicted octanol–water partition coefficient (Wildman–Crippen LogP) is 3.81. The summed E-state index contributed by atoms with van der Waals surface area (Å²) < 4.78 is 0. The molecule has 0 spiro atoms. The molecule has 2 aromatic heterocycles. The van der Waals surface area contributed by atoms with Crippen LogP contribution in [0.2, 0.25) is 0 Å². The Labute approximate surface area is 176 Å². The third-order valence-corrected chi connectivity index (χ3v) is 7.42. The van der Waals surface area contributed by atoms with E-state index in [4.69, 9.17) is 0 Å². The highest BCUT2D eigenvalue weighted by molar-refractivity contribution is 7.15. The number of pyridine rings is 1. The van der Waals surface area contributed by atoms with Crippen molar-refractivity contribution in [1.29, 1.82) is 0 Å². The molecule has 1 aromatic carbocycles. The number of hydrogen-bond donors (Lipinski definition) is 0. The Kier molecular flexibility index (Phi) is 5.06. The number of hydrogen-bond acceptors (Lipinski definition) is 6. The van der Waals surface area contributed by atoms with E-state index in [-0.39, 0.29) is 0 Å². The fourth-order valence-electron chi connectivity index (χ4n) is 5.11. The van der Waals surface area contributed by atoms with Crippen molar-refractivity contribution in [2.24, 2.45) is 11.3 Å². The molecule has 3 aromatic rings. The van der Waals surface area contributed by atoms with Gasteiger partial charge in [0.2, 0.25) is 5.13 Å². The van der Waals surface area contributed by atoms with E-state index in [2.05, 4.69) is 67.4 Å². The van der Waals surface area contributed by atoms with Crippen molar-refractivity contribution in [2.45, 2.75) is 26.3 Å². The Morgan fingerprint density at radius 2 is 1.83 bits per heavy atom. The summed E-state index contributed by atoms with van der Waals surface area (Å²) in [6, 6.07) is 15.2. The molecule has 29 heavy (non-hydrogen) atoms. The number of rotatable bonds is 6. The fraction of sp³-hybridized carbons (Fsp3) is 0.435. The molecule has 0 N–H and O–H groups in total. The van der Waals surface area contributed by atoms with Crippen LogP contribution in [0.1, 0.15) is 22.6 Å². The van der Waals surface area contributed by atoms with Crippen LogP contribution in [-0.2, 0) is 13.0 Å². The summed E-state index contributed by atoms with van der Waals surface area (Å²) in [5, 5.41) is 10.8. The number of aryl methyl sites for hydroxylation is 2. The Balaban J connectivity index is 1.34. The van der Waals surface area contributed by atoms with Gasteiger partial charge in [-0.2, -0.15) is 0 Å². The number of likely N-dealkylation sites (tertiary alicyclic amines) is 1. The Morgan fingerprint density at radius 3 is 2.59 bits per heavy atom. The van der Waals surface area contributed by atoms with Crippen LogP contribution >= 0.6 is 11.3 Å². The van der Waals surface area contributed by atoms with E-state index < -0.39 is 0 Å². The van der Waals surface area contributed by atoms with Crippen molar-refractivity contribution in [3.05, 3.63) is 71.0 Å². The summed E-state index contributed by atoms with van der Waals surface area (Å²) in [5.41, 5.74) is 3.12. The van der Waals surface area contributed by atoms with Crippen LogP contribution in [0.5, 0.6) is 0 Å². The zero-order valence-corrected chi connectivity index (χ0v) is 17.7. The lowest BCUT2D eigenvalue weighted by atomic mass is 9.76. The Bertz CT molecular complexity index is 944. The number of aromatic nitrogens is 3. The van der Waals surface area contributed by atoms with Gasteiger partial charge in [0.25, 0.3) is 0 Å². The van der Waals surface area contributed by atoms with Crippen molar-refractivity contribution >= 4 is 16.5 Å². The second-order valence-electron chi connectivity index (χ2n) is 8.55. The molecule has 5 rings (SSSR count). The topological polar surface area (TPSA) is 45.2 Å². The van der Waals surface area contributed by atoms with Crippen LogP contribution in [0.15, 0.2) is 54.9 Å². The van der Waals surface area contributed by atoms with E-state index in [1.54, 1.807) is 11.3 Å². The lowest BCUT2D eigenvalue weighted by molar-refractivity contribution is 0.240. The minimum atomic E-state index is 0.322. The summed E-state index contributed by atoms with van der Waals surface area (Å²) in [6.07, 6.45) is 6.17. The second kappa shape index (κ2) is 7.84. The second-order valence-corrected chi connectivity index (χ2v) is 9.71. The molecule has 2 aliphatic heterocycles. The molecule has 2 aliphatic rings. The van der Waals surface area contributed by atoms with Gasteiger partial charge < -0.3 is 4.90 Å². The lowest BCUT2D eigenvalue weighted by Gasteiger charge is -2.29. The van der Waals surface area contributed by atoms with Gasteiger partial charge in [-0.1, -0.05) is 41.7 Å². The van der Waals surface area contributed by atoms with Gasteiger partial charge in [-0.3, -0.25) is 9.88 Å². The number of nitrogens with zero attached hydrogens (tertiary/aromatic N) is 5. The quantitative estimate of drug-likeness (QED) is 0.624. The summed E-state index contributed by atoms with van der Waals surface area (Å²) in [5.74, 6) is 0.678. The van der Waals surface area contributed by atoms with Crippen molar-refractivity contribution in [2.75, 3.05) is 31.1 Å². The molecule has 4 heterocycles. The van der Waals surface area contributed by atoms with E-state index in [0.29, 0.717) is 11.3 Å². The molecule has 2 saturated heterocycles. The molecule has 2 unspecified atom stereocenters. The maximum absolute atomic E-state index is 4.44. The van der Waals surface area contributed by atoms with Crippen molar-refractivity contribution in [3.63, 3.8) is 0 Å². The average Bonchev–Trinajstić information content (AvgIpc) is 3.40. The van der Waals surface area contributed by atoms with Gasteiger partial charge in [-0.25, -0.2) is 0 Å². The molecule has 0 radical (unpaired) electrons. The van der Waals surface area contributed by atoms with Crippen molar-refractivity contribution in [3.8, 4) is 0 Å². The molecule has 5 nitrogen and oxygen atoms in total. The maximum atomic E-state index is 4.44. The van der Waals surface area contributed by atoms with Gasteiger partial charge in [0.05, 0.1) is 0 Å². The number of fused-ring (bicyclic) bond motifs is 1. The first-order valence-corrected chi connectivity index (χ1v) is 11.2. The van der Waals surface area contributed by atoms with Crippen LogP contribution in [-0.4, -0.2) is 46.3 Å². The molecule has 2 atom stereocenters. The monoisotopic (exact) mass is 405 g/mol. The summed E-state index contributed by atoms with van der Waals surface area (Å²) in [6.45, 7) is 7.55. The minimum Gasteiger partial charge on any atom is -0.346 e. The fourth-order valence-corrected chi connectivity index (χ4v) is 5.81. The van der Waals surface area contributed by atoms with E-state index >= 15 is 0 Å². The maximum Gasteiger partial charge on any atom is 0.208 e. The van der Waals surface area contributed by atoms with Gasteiger partial charge >= 0.3 is 0 Å². The van der Waals surface area contributed by atoms with Gasteiger partial charge in [-0.15, -0.1) is 10.2 Å². The summed E-state index contributed by atoms with van der Waals surface area (Å²) in [7, 11) is 0. The van der Waals surface area contributed by atoms with Crippen LogP contribution in [0, 0.1) is 18.3 Å². The van der Waals surface area contributed by atoms with E-state index in [9.17, 15) is 0 Å². The van der Waals surface area contributed by atoms with E-state index in [1.807, 2.05) is 19.3 Å². The molecular weight excluding hydrogens is 378 g/mol. The summed E-state index contributed by atoms with van der Waals surface area (Å²) in [4.78, 5) is 9.30. The average molecular weight is 406 g/mol. The number of anilines is 1. The van der Waals surface area contributed by atoms with Gasteiger partial charge in [0.1, 0.15) is 5.01 Å². The lowest BCUT2D eigenvalue weighted by Crippen LogP contribution is -2.34. The molecule has 0 bridgehead atoms. The minimum absolute atomic E-state index is 0.322. The summed E-state index contributed by atoms with van der Waals surface area (Å²) >= 11 is 1.72. The van der Waals surface area contributed by atoms with Crippen LogP contribution < -0.4 is 4.90 Å². The molecule has 0 saturated carbocycles. The highest BCUT2D eigenvalue weighted by atomic mass is 32.1. The molecule has 0 aliphatic carbocycles. The molecule has 150 valence electrons. The SMILES string of the molecule is Cc1nnc(N2CC3CN(Cc4ccncc4)CC3(CCc3ccccc3)C2)s1. The van der Waals surface area contributed by atoms with Crippen molar-refractivity contribution < 1.29 is 0 Å². The van der Waals surface area contributed by atoms with E-state index in [0.717, 1.165) is 49.3 Å². The predicted molar refractivity (Wildman–Crippen MR) is 117 cm³/mol. The van der Waals surface area contributed by atoms with Crippen molar-refractivity contribution in [1.82, 2.24) is 20.1 Å². The Hall–Kier alpha value is -2.31. The standard InChI is InChI=1S/C23H27N5S/c1-18-25-26-22(29-18)28-15-21-14-27(13-20-8-11-24-12-9-20)16-23(21,17-28)10-7-19-5-3-2-4-6-19/h2-6,8-9,11-12,21H,7,10,13-17H2,1H3. The van der Waals surface area contributed by atoms with Crippen LogP contribution in [0.25, 0.3) is 0 Å². The molecule has 2 fully saturated rings. The normalized spacial score (nSPS) is 24.2. The van der Waals surface area contributed by atoms with E-state index in [1.165, 1.54) is 17.5 Å². The molecular formula is C23H27N5S. The van der Waals surface area contributed by atoms with Crippen LogP contribution in [0.3, 0.4) is 0 Å². The third kappa shape index (κ3) is 3.91. The first-order chi connectivity index (χ1) is 14.2. The zero-order chi connectivity index (χ0) is 19.7. The largest absolute Gasteiger partial charge is 0.346 e. The van der Waals surface area contributed by atoms with Gasteiger partial charge in [0.15, 0.2) is 0 Å². The highest BCUT2D eigenvalue weighted by Crippen LogP contribution is 2.47. The highest BCUT2D eigenvalue weighted by Gasteiger charge is 2.52. The van der Waals surface area contributed by atoms with Gasteiger partial charge in [-0.05, 0) is 48.9 Å². The third-order valence-electron chi connectivity index (χ3n) is 6.53. The first kappa shape index (κ1) is 18.7. The zero-order valence-electron chi connectivity index (χ0n) is 16.9. The van der Waals surface area contributed by atoms with Gasteiger partial charge in [0, 0.05) is 50.5 Å². The smallest absolute Gasteiger partial charge is 0.208 e. The molecule has 6 heteroatoms. The first-order valence-electron chi connectivity index (χ1n) is 10.4. The number of benzene rings is 1. The van der Waals surface area contributed by atoms with Crippen LogP contribution in [0.4, 0.5) is 5.13 Å². The molecule has 0 amide bonds. The Morgan fingerprint density at radius 1 is 1.00 bits per heavy atom.